The van der Waals surface area contributed by atoms with Gasteiger partial charge in [0.2, 0.25) is 5.91 Å². The summed E-state index contributed by atoms with van der Waals surface area (Å²) in [5.74, 6) is -0.408. The van der Waals surface area contributed by atoms with E-state index in [0.717, 1.165) is 13.1 Å². The zero-order valence-electron chi connectivity index (χ0n) is 10.5. The van der Waals surface area contributed by atoms with Crippen molar-refractivity contribution in [2.75, 3.05) is 13.1 Å². The number of hydrogen-bond donors (Lipinski definition) is 2. The molecule has 94 valence electrons. The van der Waals surface area contributed by atoms with E-state index in [1.807, 2.05) is 0 Å². The van der Waals surface area contributed by atoms with Gasteiger partial charge in [-0.3, -0.25) is 4.79 Å². The predicted octanol–water partition coefficient (Wildman–Crippen LogP) is 0.844. The smallest absolute Gasteiger partial charge is 0.237 e. The highest BCUT2D eigenvalue weighted by Crippen LogP contribution is 2.18. The zero-order valence-corrected chi connectivity index (χ0v) is 10.5. The molecule has 2 unspecified atom stereocenters. The first kappa shape index (κ1) is 13.5. The summed E-state index contributed by atoms with van der Waals surface area (Å²) in [6, 6.07) is 0.334. The molecule has 1 saturated heterocycles. The van der Waals surface area contributed by atoms with Gasteiger partial charge in [0.15, 0.2) is 0 Å². The number of hydrogen-bond acceptors (Lipinski definition) is 3. The van der Waals surface area contributed by atoms with Crippen molar-refractivity contribution in [1.82, 2.24) is 4.90 Å². The highest BCUT2D eigenvalue weighted by molar-refractivity contribution is 5.83. The Hall–Kier alpha value is -0.610. The molecule has 1 amide bonds. The number of likely N-dealkylation sites (tertiary alicyclic amines) is 1. The first-order chi connectivity index (χ1) is 7.43. The molecule has 0 radical (unpaired) electrons. The van der Waals surface area contributed by atoms with Gasteiger partial charge in [-0.1, -0.05) is 12.8 Å². The van der Waals surface area contributed by atoms with Crippen molar-refractivity contribution in [2.24, 2.45) is 11.5 Å². The molecular weight excluding hydrogens is 202 g/mol. The summed E-state index contributed by atoms with van der Waals surface area (Å²) in [4.78, 5) is 13.6. The number of rotatable bonds is 4. The fourth-order valence-electron chi connectivity index (χ4n) is 2.38. The average molecular weight is 227 g/mol. The van der Waals surface area contributed by atoms with Crippen LogP contribution in [0.1, 0.15) is 46.0 Å². The second kappa shape index (κ2) is 5.64. The van der Waals surface area contributed by atoms with Crippen LogP contribution in [-0.4, -0.2) is 35.5 Å². The van der Waals surface area contributed by atoms with E-state index >= 15 is 0 Å². The van der Waals surface area contributed by atoms with Crippen LogP contribution in [0.3, 0.4) is 0 Å². The van der Waals surface area contributed by atoms with Crippen LogP contribution >= 0.6 is 0 Å². The number of amides is 1. The molecule has 0 saturated carbocycles. The molecule has 0 spiro atoms. The van der Waals surface area contributed by atoms with Gasteiger partial charge in [0, 0.05) is 6.04 Å². The maximum absolute atomic E-state index is 11.2. The Morgan fingerprint density at radius 3 is 2.25 bits per heavy atom. The van der Waals surface area contributed by atoms with Crippen molar-refractivity contribution in [1.29, 1.82) is 0 Å². The highest BCUT2D eigenvalue weighted by Gasteiger charge is 2.30. The van der Waals surface area contributed by atoms with Crippen LogP contribution in [0.25, 0.3) is 0 Å². The van der Waals surface area contributed by atoms with Crippen LogP contribution in [0.5, 0.6) is 0 Å². The Balaban J connectivity index is 2.49. The molecule has 4 heteroatoms. The zero-order chi connectivity index (χ0) is 12.2. The van der Waals surface area contributed by atoms with E-state index in [0.29, 0.717) is 12.5 Å². The summed E-state index contributed by atoms with van der Waals surface area (Å²) < 4.78 is 0. The summed E-state index contributed by atoms with van der Waals surface area (Å²) in [7, 11) is 0. The van der Waals surface area contributed by atoms with E-state index in [1.54, 1.807) is 6.92 Å². The van der Waals surface area contributed by atoms with Crippen molar-refractivity contribution in [3.05, 3.63) is 0 Å². The second-order valence-corrected chi connectivity index (χ2v) is 5.29. The second-order valence-electron chi connectivity index (χ2n) is 5.29. The van der Waals surface area contributed by atoms with Gasteiger partial charge < -0.3 is 16.4 Å². The Morgan fingerprint density at radius 1 is 1.31 bits per heavy atom. The van der Waals surface area contributed by atoms with Gasteiger partial charge >= 0.3 is 0 Å². The van der Waals surface area contributed by atoms with Crippen LogP contribution in [-0.2, 0) is 4.79 Å². The third kappa shape index (κ3) is 3.76. The van der Waals surface area contributed by atoms with E-state index in [9.17, 15) is 4.79 Å². The van der Waals surface area contributed by atoms with Crippen molar-refractivity contribution in [2.45, 2.75) is 57.5 Å². The molecule has 4 N–H and O–H groups in total. The fourth-order valence-corrected chi connectivity index (χ4v) is 2.38. The number of primary amides is 1. The molecule has 16 heavy (non-hydrogen) atoms. The molecule has 2 atom stereocenters. The van der Waals surface area contributed by atoms with Gasteiger partial charge in [0.25, 0.3) is 0 Å². The van der Waals surface area contributed by atoms with Gasteiger partial charge in [0.05, 0.1) is 5.54 Å². The number of nitrogens with two attached hydrogens (primary N) is 2. The van der Waals surface area contributed by atoms with Gasteiger partial charge in [-0.2, -0.15) is 0 Å². The number of nitrogens with zero attached hydrogens (tertiary/aromatic N) is 1. The van der Waals surface area contributed by atoms with Crippen molar-refractivity contribution in [3.8, 4) is 0 Å². The lowest BCUT2D eigenvalue weighted by molar-refractivity contribution is -0.123. The molecule has 1 aliphatic rings. The van der Waals surface area contributed by atoms with Crippen molar-refractivity contribution < 1.29 is 4.79 Å². The van der Waals surface area contributed by atoms with E-state index in [2.05, 4.69) is 11.8 Å². The highest BCUT2D eigenvalue weighted by atomic mass is 16.1. The third-order valence-corrected chi connectivity index (χ3v) is 3.55. The molecule has 0 bridgehead atoms. The van der Waals surface area contributed by atoms with Gasteiger partial charge in [-0.25, -0.2) is 0 Å². The molecule has 1 fully saturated rings. The molecule has 0 aliphatic carbocycles. The lowest BCUT2D eigenvalue weighted by atomic mass is 9.93. The predicted molar refractivity (Wildman–Crippen MR) is 65.9 cm³/mol. The average Bonchev–Trinajstić information content (AvgIpc) is 2.44. The molecule has 0 aromatic heterocycles. The SMILES string of the molecule is CC(CC(C)(N)C(N)=O)N1CCCCCC1. The summed E-state index contributed by atoms with van der Waals surface area (Å²) >= 11 is 0. The summed E-state index contributed by atoms with van der Waals surface area (Å²) in [6.07, 6.45) is 5.78. The summed E-state index contributed by atoms with van der Waals surface area (Å²) in [5.41, 5.74) is 10.3. The lowest BCUT2D eigenvalue weighted by Gasteiger charge is -2.32. The van der Waals surface area contributed by atoms with E-state index in [1.165, 1.54) is 25.7 Å². The Labute approximate surface area is 98.3 Å². The molecular formula is C12H25N3O. The van der Waals surface area contributed by atoms with Crippen LogP contribution < -0.4 is 11.5 Å². The van der Waals surface area contributed by atoms with Gasteiger partial charge in [-0.15, -0.1) is 0 Å². The minimum Gasteiger partial charge on any atom is -0.368 e. The van der Waals surface area contributed by atoms with E-state index < -0.39 is 11.4 Å². The Kier molecular flexibility index (Phi) is 4.74. The van der Waals surface area contributed by atoms with Gasteiger partial charge in [-0.05, 0) is 46.2 Å². The Bertz CT molecular complexity index is 232. The molecule has 0 aromatic carbocycles. The van der Waals surface area contributed by atoms with E-state index in [4.69, 9.17) is 11.5 Å². The third-order valence-electron chi connectivity index (χ3n) is 3.55. The fraction of sp³-hybridized carbons (Fsp3) is 0.917. The first-order valence-electron chi connectivity index (χ1n) is 6.26. The normalized spacial score (nSPS) is 24.4. The molecule has 1 heterocycles. The summed E-state index contributed by atoms with van der Waals surface area (Å²) in [6.45, 7) is 6.11. The minimum atomic E-state index is -0.883. The monoisotopic (exact) mass is 227 g/mol. The van der Waals surface area contributed by atoms with Crippen LogP contribution in [0.4, 0.5) is 0 Å². The molecule has 0 aromatic rings. The molecule has 1 aliphatic heterocycles. The maximum atomic E-state index is 11.2. The largest absolute Gasteiger partial charge is 0.368 e. The minimum absolute atomic E-state index is 0.334. The van der Waals surface area contributed by atoms with Crippen molar-refractivity contribution in [3.63, 3.8) is 0 Å². The van der Waals surface area contributed by atoms with E-state index in [-0.39, 0.29) is 0 Å². The van der Waals surface area contributed by atoms with Crippen LogP contribution in [0.15, 0.2) is 0 Å². The molecule has 1 rings (SSSR count). The van der Waals surface area contributed by atoms with Crippen LogP contribution in [0.2, 0.25) is 0 Å². The molecule has 4 nitrogen and oxygen atoms in total. The van der Waals surface area contributed by atoms with Crippen molar-refractivity contribution >= 4 is 5.91 Å². The lowest BCUT2D eigenvalue weighted by Crippen LogP contribution is -2.53. The quantitative estimate of drug-likeness (QED) is 0.747. The number of carbonyl (C=O) groups is 1. The maximum Gasteiger partial charge on any atom is 0.237 e. The summed E-state index contributed by atoms with van der Waals surface area (Å²) in [5, 5.41) is 0. The number of carbonyl (C=O) groups excluding carboxylic acids is 1. The standard InChI is InChI=1S/C12H25N3O/c1-10(9-12(2,14)11(13)16)15-7-5-3-4-6-8-15/h10H,3-9,14H2,1-2H3,(H2,13,16). The van der Waals surface area contributed by atoms with Crippen LogP contribution in [0, 0.1) is 0 Å². The van der Waals surface area contributed by atoms with Gasteiger partial charge in [0.1, 0.15) is 0 Å². The first-order valence-corrected chi connectivity index (χ1v) is 6.26. The topological polar surface area (TPSA) is 72.3 Å². The Morgan fingerprint density at radius 2 is 1.81 bits per heavy atom.